The second-order valence-electron chi connectivity index (χ2n) is 18.2. The van der Waals surface area contributed by atoms with E-state index in [0.29, 0.717) is 23.1 Å². The lowest BCUT2D eigenvalue weighted by Gasteiger charge is -2.36. The van der Waals surface area contributed by atoms with Crippen LogP contribution in [0.2, 0.25) is 10.0 Å². The minimum absolute atomic E-state index is 0.0457. The fourth-order valence-electron chi connectivity index (χ4n) is 10.8. The van der Waals surface area contributed by atoms with Crippen molar-refractivity contribution in [1.29, 1.82) is 0 Å². The Kier molecular flexibility index (Phi) is 10.9. The lowest BCUT2D eigenvalue weighted by Crippen LogP contribution is -2.45. The van der Waals surface area contributed by atoms with Gasteiger partial charge in [-0.05, 0) is 106 Å². The number of halogens is 2. The normalized spacial score (nSPS) is 18.9. The highest BCUT2D eigenvalue weighted by molar-refractivity contribution is 6.32. The van der Waals surface area contributed by atoms with Gasteiger partial charge in [0.2, 0.25) is 0 Å². The van der Waals surface area contributed by atoms with Crippen molar-refractivity contribution in [3.63, 3.8) is 0 Å². The number of anilines is 2. The summed E-state index contributed by atoms with van der Waals surface area (Å²) >= 11 is 13.8. The number of aromatic amines is 2. The van der Waals surface area contributed by atoms with Crippen molar-refractivity contribution in [2.45, 2.75) is 38.3 Å². The first-order chi connectivity index (χ1) is 32.4. The minimum Gasteiger partial charge on any atom is -0.369 e. The monoisotopic (exact) mass is 912 g/mol. The van der Waals surface area contributed by atoms with Gasteiger partial charge in [0.05, 0.1) is 12.1 Å². The van der Waals surface area contributed by atoms with Crippen molar-refractivity contribution in [3.8, 4) is 22.5 Å². The average molecular weight is 914 g/mol. The van der Waals surface area contributed by atoms with Crippen LogP contribution in [0.4, 0.5) is 11.4 Å². The molecule has 4 aliphatic heterocycles. The number of H-pyrrole nitrogens is 2. The number of hydrogen-bond acceptors (Lipinski definition) is 9. The Bertz CT molecular complexity index is 2890. The van der Waals surface area contributed by atoms with Gasteiger partial charge in [0.15, 0.2) is 5.78 Å². The average Bonchev–Trinajstić information content (AvgIpc) is 4.18. The molecule has 0 aliphatic carbocycles. The number of pyridine rings is 2. The van der Waals surface area contributed by atoms with E-state index in [0.717, 1.165) is 132 Å². The van der Waals surface area contributed by atoms with Crippen LogP contribution in [0.25, 0.3) is 44.3 Å². The third-order valence-electron chi connectivity index (χ3n) is 14.3. The van der Waals surface area contributed by atoms with Gasteiger partial charge in [-0.3, -0.25) is 35.2 Å². The van der Waals surface area contributed by atoms with E-state index in [9.17, 15) is 0 Å². The second-order valence-corrected chi connectivity index (χ2v) is 19.0. The van der Waals surface area contributed by atoms with Crippen LogP contribution in [0, 0.1) is 0 Å². The van der Waals surface area contributed by atoms with E-state index in [4.69, 9.17) is 23.2 Å². The molecule has 12 rings (SSSR count). The van der Waals surface area contributed by atoms with Gasteiger partial charge in [0.1, 0.15) is 0 Å². The zero-order valence-electron chi connectivity index (χ0n) is 36.5. The highest BCUT2D eigenvalue weighted by atomic mass is 35.5. The molecule has 4 N–H and O–H groups in total. The first-order valence-corrected chi connectivity index (χ1v) is 23.8. The number of carbonyl (C=O) groups excluding carboxylic acids is 1. The summed E-state index contributed by atoms with van der Waals surface area (Å²) in [6.07, 6.45) is 7.45. The molecule has 66 heavy (non-hydrogen) atoms. The van der Waals surface area contributed by atoms with E-state index >= 15 is 4.79 Å². The Hall–Kier alpha value is -6.05. The van der Waals surface area contributed by atoms with E-state index in [2.05, 4.69) is 135 Å². The molecule has 0 amide bonds. The highest BCUT2D eigenvalue weighted by Gasteiger charge is 2.41. The van der Waals surface area contributed by atoms with Crippen LogP contribution in [0.15, 0.2) is 122 Å². The van der Waals surface area contributed by atoms with Gasteiger partial charge in [-0.15, -0.1) is 0 Å². The predicted octanol–water partition coefficient (Wildman–Crippen LogP) is 9.28. The van der Waals surface area contributed by atoms with Gasteiger partial charge in [-0.2, -0.15) is 0 Å². The Labute approximate surface area is 393 Å². The molecule has 4 aromatic heterocycles. The van der Waals surface area contributed by atoms with Crippen molar-refractivity contribution in [1.82, 2.24) is 40.4 Å². The maximum absolute atomic E-state index is 15.1. The van der Waals surface area contributed by atoms with Crippen LogP contribution in [0.1, 0.15) is 45.5 Å². The van der Waals surface area contributed by atoms with E-state index < -0.39 is 12.1 Å². The molecule has 0 spiro atoms. The van der Waals surface area contributed by atoms with Crippen molar-refractivity contribution in [2.24, 2.45) is 0 Å². The largest absolute Gasteiger partial charge is 0.369 e. The number of fused-ring (bicyclic) bond motifs is 4. The summed E-state index contributed by atoms with van der Waals surface area (Å²) in [7, 11) is 0. The molecule has 2 unspecified atom stereocenters. The topological polar surface area (TPSA) is 111 Å². The molecule has 2 fully saturated rings. The molecule has 11 nitrogen and oxygen atoms in total. The summed E-state index contributed by atoms with van der Waals surface area (Å²) in [5.74, 6) is 0.0457. The smallest absolute Gasteiger partial charge is 0.175 e. The van der Waals surface area contributed by atoms with Crippen LogP contribution >= 0.6 is 23.2 Å². The number of hydrogen-bond donors (Lipinski definition) is 4. The lowest BCUT2D eigenvalue weighted by atomic mass is 9.87. The number of carbonyl (C=O) groups is 1. The standard InChI is InChI=1S/C53H50Cl2N10O/c54-43-5-3-39(47-27-35-25-33(1-7-45(35)60-47)31-62-17-21-64(22-18-62)37-9-13-56-14-10-37)49-41(43)29-58-51(49)53(66)52-50-40(4-6-44(55)42(50)30-59-52)48-28-36-26-34(2-8-46(36)61-48)32-63-19-23-65(24-20-63)38-11-15-57-16-12-38/h1-16,25-28,51-52,58-61H,17-24,29-32H2. The number of nitrogens with one attached hydrogen (secondary N) is 4. The maximum atomic E-state index is 15.1. The Morgan fingerprint density at radius 1 is 0.530 bits per heavy atom. The number of Topliss-reactive ketones (excluding diaryl/α,β-unsaturated/α-hetero) is 1. The Balaban J connectivity index is 0.783. The van der Waals surface area contributed by atoms with Crippen LogP contribution in [0.3, 0.4) is 0 Å². The van der Waals surface area contributed by atoms with E-state index in [1.807, 2.05) is 36.9 Å². The third-order valence-corrected chi connectivity index (χ3v) is 15.0. The molecule has 4 aromatic carbocycles. The van der Waals surface area contributed by atoms with Crippen LogP contribution in [-0.4, -0.2) is 87.9 Å². The summed E-state index contributed by atoms with van der Waals surface area (Å²) in [4.78, 5) is 40.8. The number of piperazine rings is 2. The zero-order valence-corrected chi connectivity index (χ0v) is 38.0. The fourth-order valence-corrected chi connectivity index (χ4v) is 11.3. The quantitative estimate of drug-likeness (QED) is 0.107. The van der Waals surface area contributed by atoms with E-state index in [-0.39, 0.29) is 5.78 Å². The number of aromatic nitrogens is 4. The molecule has 0 bridgehead atoms. The van der Waals surface area contributed by atoms with Crippen molar-refractivity contribution in [2.75, 3.05) is 62.2 Å². The molecule has 4 aliphatic rings. The van der Waals surface area contributed by atoms with Crippen molar-refractivity contribution < 1.29 is 4.79 Å². The Morgan fingerprint density at radius 2 is 0.955 bits per heavy atom. The van der Waals surface area contributed by atoms with E-state index in [1.165, 1.54) is 22.5 Å². The molecular weight excluding hydrogens is 864 g/mol. The molecular formula is C53H50Cl2N10O. The third kappa shape index (κ3) is 7.73. The molecule has 2 saturated heterocycles. The van der Waals surface area contributed by atoms with Crippen molar-refractivity contribution in [3.05, 3.63) is 165 Å². The predicted molar refractivity (Wildman–Crippen MR) is 265 cm³/mol. The SMILES string of the molecule is O=C(C1NCc2c(Cl)ccc(-c3cc4cc(CN5CCN(c6ccncc6)CC5)ccc4[nH]3)c21)C1NCc2c(Cl)ccc(-c3cc4cc(CN5CCN(c6ccncc6)CC5)ccc4[nH]3)c21. The number of benzene rings is 4. The molecule has 0 radical (unpaired) electrons. The van der Waals surface area contributed by atoms with Gasteiger partial charge in [0, 0.05) is 169 Å². The molecule has 8 heterocycles. The number of rotatable bonds is 10. The van der Waals surface area contributed by atoms with Gasteiger partial charge in [-0.1, -0.05) is 47.5 Å². The van der Waals surface area contributed by atoms with Crippen LogP contribution in [-0.2, 0) is 31.0 Å². The molecule has 0 saturated carbocycles. The summed E-state index contributed by atoms with van der Waals surface area (Å²) in [6.45, 7) is 10.8. The summed E-state index contributed by atoms with van der Waals surface area (Å²) in [5.41, 5.74) is 14.8. The summed E-state index contributed by atoms with van der Waals surface area (Å²) in [5, 5.41) is 10.8. The molecule has 332 valence electrons. The second kappa shape index (κ2) is 17.3. The van der Waals surface area contributed by atoms with Gasteiger partial charge in [-0.25, -0.2) is 0 Å². The molecule has 2 atom stereocenters. The van der Waals surface area contributed by atoms with Gasteiger partial charge < -0.3 is 19.8 Å². The lowest BCUT2D eigenvalue weighted by molar-refractivity contribution is -0.123. The summed E-state index contributed by atoms with van der Waals surface area (Å²) in [6, 6.07) is 33.1. The first kappa shape index (κ1) is 41.4. The number of nitrogens with zero attached hydrogens (tertiary/aromatic N) is 6. The minimum atomic E-state index is -0.575. The highest BCUT2D eigenvalue weighted by Crippen LogP contribution is 2.45. The maximum Gasteiger partial charge on any atom is 0.175 e. The first-order valence-electron chi connectivity index (χ1n) is 23.0. The molecule has 13 heteroatoms. The van der Waals surface area contributed by atoms with Gasteiger partial charge in [0.25, 0.3) is 0 Å². The van der Waals surface area contributed by atoms with Crippen LogP contribution in [0.5, 0.6) is 0 Å². The van der Waals surface area contributed by atoms with E-state index in [1.54, 1.807) is 0 Å². The Morgan fingerprint density at radius 3 is 1.38 bits per heavy atom. The zero-order chi connectivity index (χ0) is 44.3. The summed E-state index contributed by atoms with van der Waals surface area (Å²) < 4.78 is 0. The number of ketones is 1. The van der Waals surface area contributed by atoms with Crippen molar-refractivity contribution >= 4 is 62.2 Å². The van der Waals surface area contributed by atoms with Crippen LogP contribution < -0.4 is 20.4 Å². The van der Waals surface area contributed by atoms with Gasteiger partial charge >= 0.3 is 0 Å². The fraction of sp³-hybridized carbons (Fsp3) is 0.264. The molecule has 8 aromatic rings.